The zero-order valence-electron chi connectivity index (χ0n) is 23.8. The van der Waals surface area contributed by atoms with Crippen molar-refractivity contribution in [2.24, 2.45) is 4.99 Å². The molecule has 1 aromatic heterocycles. The van der Waals surface area contributed by atoms with Crippen molar-refractivity contribution in [1.82, 2.24) is 15.5 Å². The molecule has 0 aliphatic carbocycles. The highest BCUT2D eigenvalue weighted by atomic mass is 32.1. The molecule has 1 amide bonds. The van der Waals surface area contributed by atoms with E-state index in [0.717, 1.165) is 21.9 Å². The highest BCUT2D eigenvalue weighted by Gasteiger charge is 2.52. The minimum Gasteiger partial charge on any atom is -0.453 e. The van der Waals surface area contributed by atoms with E-state index in [0.29, 0.717) is 12.3 Å². The van der Waals surface area contributed by atoms with Gasteiger partial charge in [-0.1, -0.05) is 26.3 Å². The van der Waals surface area contributed by atoms with Gasteiger partial charge in [0, 0.05) is 17.4 Å². The molecule has 37 heavy (non-hydrogen) atoms. The van der Waals surface area contributed by atoms with Gasteiger partial charge in [-0.15, -0.1) is 11.3 Å². The van der Waals surface area contributed by atoms with Gasteiger partial charge in [0.2, 0.25) is 0 Å². The van der Waals surface area contributed by atoms with E-state index < -0.39 is 6.09 Å². The fraction of sp³-hybridized carbons (Fsp3) is 0.654. The first kappa shape index (κ1) is 32.8. The molecule has 0 aromatic carbocycles. The van der Waals surface area contributed by atoms with Crippen molar-refractivity contribution in [1.29, 1.82) is 0 Å². The Morgan fingerprint density at radius 1 is 1.27 bits per heavy atom. The van der Waals surface area contributed by atoms with Crippen molar-refractivity contribution in [2.75, 3.05) is 33.8 Å². The molecule has 2 aliphatic rings. The van der Waals surface area contributed by atoms with Crippen LogP contribution in [0.1, 0.15) is 65.7 Å². The van der Waals surface area contributed by atoms with Crippen molar-refractivity contribution < 1.29 is 23.6 Å². The molecule has 2 saturated heterocycles. The van der Waals surface area contributed by atoms with Crippen molar-refractivity contribution in [3.63, 3.8) is 0 Å². The topological polar surface area (TPSA) is 101 Å². The number of nitrogens with zero attached hydrogens (tertiary/aromatic N) is 2. The summed E-state index contributed by atoms with van der Waals surface area (Å²) in [6.45, 7) is 18.3. The van der Waals surface area contributed by atoms with Gasteiger partial charge in [-0.05, 0) is 66.9 Å². The van der Waals surface area contributed by atoms with E-state index in [1.54, 1.807) is 17.5 Å². The summed E-state index contributed by atoms with van der Waals surface area (Å²) in [4.78, 5) is 27.2. The van der Waals surface area contributed by atoms with Gasteiger partial charge in [-0.3, -0.25) is 4.99 Å². The number of rotatable bonds is 8. The average molecular weight is 537 g/mol. The summed E-state index contributed by atoms with van der Waals surface area (Å²) in [6, 6.07) is 4.77. The Labute approximate surface area is 227 Å². The highest BCUT2D eigenvalue weighted by Crippen LogP contribution is 2.37. The maximum absolute atomic E-state index is 10.1. The number of methoxy groups -OCH3 is 1. The van der Waals surface area contributed by atoms with E-state index in [4.69, 9.17) is 9.31 Å². The average Bonchev–Trinajstić information content (AvgIpc) is 3.54. The first-order valence-electron chi connectivity index (χ1n) is 12.8. The van der Waals surface area contributed by atoms with Crippen LogP contribution in [0.2, 0.25) is 0 Å². The first-order chi connectivity index (χ1) is 17.5. The molecule has 0 saturated carbocycles. The lowest BCUT2D eigenvalue weighted by Gasteiger charge is -2.32. The van der Waals surface area contributed by atoms with Gasteiger partial charge in [-0.2, -0.15) is 0 Å². The third kappa shape index (κ3) is 10.2. The van der Waals surface area contributed by atoms with Gasteiger partial charge < -0.3 is 34.4 Å². The molecular weight excluding hydrogens is 491 g/mol. The predicted molar refractivity (Wildman–Crippen MR) is 154 cm³/mol. The zero-order chi connectivity index (χ0) is 28.1. The lowest BCUT2D eigenvalue weighted by molar-refractivity contribution is -0.107. The smallest absolute Gasteiger partial charge is 0.453 e. The summed E-state index contributed by atoms with van der Waals surface area (Å²) >= 11 is 1.68. The van der Waals surface area contributed by atoms with Crippen LogP contribution in [-0.2, 0) is 18.8 Å². The molecule has 0 radical (unpaired) electrons. The second kappa shape index (κ2) is 15.9. The number of carbonyl (C=O) groups excluding carboxylic acids is 2. The van der Waals surface area contributed by atoms with E-state index in [1.165, 1.54) is 32.9 Å². The van der Waals surface area contributed by atoms with Gasteiger partial charge in [0.1, 0.15) is 6.29 Å². The van der Waals surface area contributed by atoms with E-state index in [2.05, 4.69) is 92.7 Å². The number of likely N-dealkylation sites (N-methyl/N-ethyl adjacent to an activating group) is 1. The van der Waals surface area contributed by atoms with Gasteiger partial charge >= 0.3 is 13.2 Å². The number of carbonyl (C=O) groups is 2. The number of ether oxygens (including phenoxy) is 1. The molecular formula is C26H45BN4O5S. The Bertz CT molecular complexity index is 874. The van der Waals surface area contributed by atoms with Crippen LogP contribution in [0.4, 0.5) is 4.79 Å². The Morgan fingerprint density at radius 3 is 2.38 bits per heavy atom. The summed E-state index contributed by atoms with van der Waals surface area (Å²) in [6.07, 6.45) is 5.55. The number of aliphatic imine (C=N–C) groups is 1. The monoisotopic (exact) mass is 536 g/mol. The Kier molecular flexibility index (Phi) is 14.1. The van der Waals surface area contributed by atoms with Crippen molar-refractivity contribution >= 4 is 48.0 Å². The van der Waals surface area contributed by atoms with Crippen molar-refractivity contribution in [3.8, 4) is 0 Å². The number of likely N-dealkylation sites (tertiary alicyclic amines) is 1. The lowest BCUT2D eigenvalue weighted by Crippen LogP contribution is -2.41. The van der Waals surface area contributed by atoms with Gasteiger partial charge in [0.25, 0.3) is 0 Å². The SMILES string of the molecule is C=N/C=C(\NCC1CCCN1C)c1ccc(B2OC(C)(C)C(C)(C)O2)s1.CCC.COC(=O)NCC=O. The number of nitrogens with one attached hydrogen (secondary N) is 2. The second-order valence-corrected chi connectivity index (χ2v) is 11.0. The summed E-state index contributed by atoms with van der Waals surface area (Å²) in [5, 5.41) is 5.71. The molecule has 1 atom stereocenters. The third-order valence-corrected chi connectivity index (χ3v) is 7.45. The minimum absolute atomic E-state index is 0.00662. The highest BCUT2D eigenvalue weighted by molar-refractivity contribution is 7.23. The van der Waals surface area contributed by atoms with Crippen LogP contribution in [0, 0.1) is 0 Å². The van der Waals surface area contributed by atoms with E-state index >= 15 is 0 Å². The molecule has 11 heteroatoms. The largest absolute Gasteiger partial charge is 0.505 e. The number of hydrogen-bond donors (Lipinski definition) is 2. The quantitative estimate of drug-likeness (QED) is 0.297. The first-order valence-corrected chi connectivity index (χ1v) is 13.6. The van der Waals surface area contributed by atoms with Crippen molar-refractivity contribution in [3.05, 3.63) is 23.2 Å². The number of hydrogen-bond acceptors (Lipinski definition) is 9. The summed E-state index contributed by atoms with van der Waals surface area (Å²) in [5.74, 6) is 0. The number of alkyl carbamates (subject to hydrolysis) is 1. The van der Waals surface area contributed by atoms with E-state index in [1.807, 2.05) is 0 Å². The van der Waals surface area contributed by atoms with Crippen LogP contribution in [-0.4, -0.2) is 82.2 Å². The predicted octanol–water partition coefficient (Wildman–Crippen LogP) is 3.69. The summed E-state index contributed by atoms with van der Waals surface area (Å²) in [7, 11) is 3.11. The number of thiophene rings is 1. The fourth-order valence-electron chi connectivity index (χ4n) is 3.53. The second-order valence-electron chi connectivity index (χ2n) is 9.92. The maximum Gasteiger partial charge on any atom is 0.505 e. The van der Waals surface area contributed by atoms with Crippen LogP contribution in [0.25, 0.3) is 5.70 Å². The van der Waals surface area contributed by atoms with Gasteiger partial charge in [-0.25, -0.2) is 4.79 Å². The molecule has 1 unspecified atom stereocenters. The molecule has 0 spiro atoms. The van der Waals surface area contributed by atoms with E-state index in [-0.39, 0.29) is 24.9 Å². The minimum atomic E-state index is -0.586. The molecule has 2 aliphatic heterocycles. The van der Waals surface area contributed by atoms with Gasteiger partial charge in [0.15, 0.2) is 0 Å². The lowest BCUT2D eigenvalue weighted by atomic mass is 9.88. The normalized spacial score (nSPS) is 20.2. The molecule has 0 bridgehead atoms. The van der Waals surface area contributed by atoms with E-state index in [9.17, 15) is 9.59 Å². The molecule has 3 rings (SSSR count). The molecule has 2 fully saturated rings. The van der Waals surface area contributed by atoms with Crippen LogP contribution in [0.3, 0.4) is 0 Å². The van der Waals surface area contributed by atoms with Gasteiger partial charge in [0.05, 0.1) is 41.6 Å². The fourth-order valence-corrected chi connectivity index (χ4v) is 4.49. The van der Waals surface area contributed by atoms with Crippen LogP contribution in [0.5, 0.6) is 0 Å². The zero-order valence-corrected chi connectivity index (χ0v) is 24.6. The molecule has 208 valence electrons. The van der Waals surface area contributed by atoms with Crippen LogP contribution >= 0.6 is 11.3 Å². The number of amides is 1. The van der Waals surface area contributed by atoms with Crippen LogP contribution < -0.4 is 15.4 Å². The van der Waals surface area contributed by atoms with Crippen molar-refractivity contribution in [2.45, 2.75) is 78.0 Å². The summed E-state index contributed by atoms with van der Waals surface area (Å²) < 4.78 is 17.5. The molecule has 9 nitrogen and oxygen atoms in total. The summed E-state index contributed by atoms with van der Waals surface area (Å²) in [5.41, 5.74) is 0.358. The van der Waals surface area contributed by atoms with Crippen LogP contribution in [0.15, 0.2) is 23.3 Å². The molecule has 2 N–H and O–H groups in total. The Hall–Kier alpha value is -2.21. The Morgan fingerprint density at radius 2 is 1.89 bits per heavy atom. The number of aldehydes is 1. The molecule has 1 aromatic rings. The maximum atomic E-state index is 10.1. The Balaban J connectivity index is 0.000000526. The molecule has 3 heterocycles. The standard InChI is InChI=1S/C19H30BN3O2S.C4H7NO3.C3H8/c1-18(2)19(3,4)25-20(24-18)17-10-9-16(26-17)15(13-21-5)22-12-14-8-7-11-23(14)6;1-8-4(7)5-2-3-6;1-3-2/h9-10,13-14,22H,5,7-8,11-12H2,1-4,6H3;3H,2H2,1H3,(H,5,7);3H2,1-2H3/b15-13-;;. The third-order valence-electron chi connectivity index (χ3n) is 6.31.